The van der Waals surface area contributed by atoms with E-state index in [1.807, 2.05) is 24.3 Å². The minimum atomic E-state index is -1.82. The lowest BCUT2D eigenvalue weighted by Crippen LogP contribution is -2.38. The molecule has 1 aromatic rings. The van der Waals surface area contributed by atoms with Crippen LogP contribution in [0.1, 0.15) is 19.3 Å². The number of aliphatic carboxylic acids is 2. The van der Waals surface area contributed by atoms with Crippen molar-refractivity contribution in [2.75, 3.05) is 45.2 Å². The van der Waals surface area contributed by atoms with Crippen LogP contribution >= 0.6 is 0 Å². The van der Waals surface area contributed by atoms with E-state index < -0.39 is 11.9 Å². The van der Waals surface area contributed by atoms with Crippen LogP contribution in [0.15, 0.2) is 24.3 Å². The van der Waals surface area contributed by atoms with E-state index in [0.29, 0.717) is 6.54 Å². The van der Waals surface area contributed by atoms with Gasteiger partial charge in [-0.1, -0.05) is 6.42 Å². The van der Waals surface area contributed by atoms with Crippen molar-refractivity contribution in [1.82, 2.24) is 10.2 Å². The molecule has 0 bridgehead atoms. The molecule has 0 atom stereocenters. The van der Waals surface area contributed by atoms with Crippen molar-refractivity contribution in [3.63, 3.8) is 0 Å². The first-order valence-electron chi connectivity index (χ1n) is 8.75. The fraction of sp³-hybridized carbons (Fsp3) is 0.500. The predicted octanol–water partition coefficient (Wildman–Crippen LogP) is 0.865. The summed E-state index contributed by atoms with van der Waals surface area (Å²) in [5.41, 5.74) is 0.790. The van der Waals surface area contributed by atoms with E-state index in [-0.39, 0.29) is 5.91 Å². The summed E-state index contributed by atoms with van der Waals surface area (Å²) in [5.74, 6) is -2.88. The standard InChI is InChI=1S/C16H25N3O2.C2H2O4/c1-21-15-7-5-14(6-8-15)18-16(20)13-17-9-12-19-10-3-2-4-11-19;3-1(4)2(5)6/h5-8,17H,2-4,9-13H2,1H3,(H,18,20);(H,3,4)(H,5,6). The highest BCUT2D eigenvalue weighted by Gasteiger charge is 2.09. The molecule has 0 spiro atoms. The van der Waals surface area contributed by atoms with E-state index in [9.17, 15) is 4.79 Å². The van der Waals surface area contributed by atoms with Gasteiger partial charge in [0.05, 0.1) is 13.7 Å². The van der Waals surface area contributed by atoms with E-state index in [1.54, 1.807) is 7.11 Å². The Morgan fingerprint density at radius 2 is 1.63 bits per heavy atom. The third kappa shape index (κ3) is 10.2. The van der Waals surface area contributed by atoms with Crippen molar-refractivity contribution in [2.45, 2.75) is 19.3 Å². The number of benzene rings is 1. The van der Waals surface area contributed by atoms with E-state index in [4.69, 9.17) is 24.5 Å². The van der Waals surface area contributed by atoms with E-state index >= 15 is 0 Å². The number of ether oxygens (including phenoxy) is 1. The maximum Gasteiger partial charge on any atom is 0.414 e. The van der Waals surface area contributed by atoms with Crippen LogP contribution in [-0.2, 0) is 14.4 Å². The van der Waals surface area contributed by atoms with Gasteiger partial charge in [0.25, 0.3) is 0 Å². The molecule has 2 rings (SSSR count). The first-order valence-corrected chi connectivity index (χ1v) is 8.75. The molecule has 27 heavy (non-hydrogen) atoms. The minimum Gasteiger partial charge on any atom is -0.497 e. The van der Waals surface area contributed by atoms with Crippen LogP contribution in [0.5, 0.6) is 5.75 Å². The fourth-order valence-electron chi connectivity index (χ4n) is 2.50. The third-order valence-electron chi connectivity index (χ3n) is 3.90. The number of nitrogens with zero attached hydrogens (tertiary/aromatic N) is 1. The molecular formula is C18H27N3O6. The number of hydrogen-bond donors (Lipinski definition) is 4. The summed E-state index contributed by atoms with van der Waals surface area (Å²) >= 11 is 0. The Bertz CT molecular complexity index is 588. The molecule has 1 fully saturated rings. The predicted molar refractivity (Wildman–Crippen MR) is 100 cm³/mol. The van der Waals surface area contributed by atoms with Gasteiger partial charge in [0, 0.05) is 18.8 Å². The number of rotatable bonds is 7. The zero-order valence-corrected chi connectivity index (χ0v) is 15.4. The van der Waals surface area contributed by atoms with Crippen molar-refractivity contribution in [2.24, 2.45) is 0 Å². The maximum atomic E-state index is 11.8. The van der Waals surface area contributed by atoms with Crippen LogP contribution in [-0.4, -0.2) is 72.8 Å². The van der Waals surface area contributed by atoms with Crippen LogP contribution in [0.4, 0.5) is 5.69 Å². The number of piperidine rings is 1. The van der Waals surface area contributed by atoms with Crippen LogP contribution < -0.4 is 15.4 Å². The van der Waals surface area contributed by atoms with Crippen molar-refractivity contribution in [3.05, 3.63) is 24.3 Å². The SMILES string of the molecule is COc1ccc(NC(=O)CNCCN2CCCCC2)cc1.O=C(O)C(=O)O. The lowest BCUT2D eigenvalue weighted by atomic mass is 10.1. The number of carbonyl (C=O) groups excluding carboxylic acids is 1. The average Bonchev–Trinajstić information content (AvgIpc) is 2.67. The normalized spacial score (nSPS) is 13.8. The molecule has 9 nitrogen and oxygen atoms in total. The molecule has 0 aliphatic carbocycles. The second kappa shape index (κ2) is 12.7. The first-order chi connectivity index (χ1) is 12.9. The number of carboxylic acids is 2. The Kier molecular flexibility index (Phi) is 10.5. The molecule has 4 N–H and O–H groups in total. The number of carboxylic acid groups (broad SMARTS) is 2. The summed E-state index contributed by atoms with van der Waals surface area (Å²) in [6.45, 7) is 4.62. The second-order valence-electron chi connectivity index (χ2n) is 5.97. The zero-order chi connectivity index (χ0) is 20.1. The lowest BCUT2D eigenvalue weighted by molar-refractivity contribution is -0.159. The van der Waals surface area contributed by atoms with E-state index in [2.05, 4.69) is 15.5 Å². The number of likely N-dealkylation sites (tertiary alicyclic amines) is 1. The molecule has 150 valence electrons. The molecule has 1 aromatic carbocycles. The van der Waals surface area contributed by atoms with Gasteiger partial charge < -0.3 is 30.5 Å². The van der Waals surface area contributed by atoms with E-state index in [0.717, 1.165) is 24.5 Å². The number of carbonyl (C=O) groups is 3. The second-order valence-corrected chi connectivity index (χ2v) is 5.97. The topological polar surface area (TPSA) is 128 Å². The quantitative estimate of drug-likeness (QED) is 0.404. The Morgan fingerprint density at radius 1 is 1.04 bits per heavy atom. The molecule has 0 radical (unpaired) electrons. The number of hydrogen-bond acceptors (Lipinski definition) is 6. The monoisotopic (exact) mass is 381 g/mol. The summed E-state index contributed by atoms with van der Waals surface area (Å²) in [6, 6.07) is 7.34. The highest BCUT2D eigenvalue weighted by atomic mass is 16.5. The van der Waals surface area contributed by atoms with Gasteiger partial charge in [-0.2, -0.15) is 0 Å². The Hall–Kier alpha value is -2.65. The molecular weight excluding hydrogens is 354 g/mol. The van der Waals surface area contributed by atoms with Gasteiger partial charge in [0.2, 0.25) is 5.91 Å². The number of methoxy groups -OCH3 is 1. The molecule has 0 aromatic heterocycles. The third-order valence-corrected chi connectivity index (χ3v) is 3.90. The Morgan fingerprint density at radius 3 is 2.15 bits per heavy atom. The molecule has 1 aliphatic heterocycles. The largest absolute Gasteiger partial charge is 0.497 e. The van der Waals surface area contributed by atoms with Crippen LogP contribution in [0.25, 0.3) is 0 Å². The smallest absolute Gasteiger partial charge is 0.414 e. The van der Waals surface area contributed by atoms with Crippen LogP contribution in [0.3, 0.4) is 0 Å². The average molecular weight is 381 g/mol. The summed E-state index contributed by atoms with van der Waals surface area (Å²) < 4.78 is 5.08. The van der Waals surface area contributed by atoms with Crippen molar-refractivity contribution >= 4 is 23.5 Å². The highest BCUT2D eigenvalue weighted by molar-refractivity contribution is 6.27. The molecule has 1 heterocycles. The van der Waals surface area contributed by atoms with Gasteiger partial charge in [-0.3, -0.25) is 4.79 Å². The highest BCUT2D eigenvalue weighted by Crippen LogP contribution is 2.14. The summed E-state index contributed by atoms with van der Waals surface area (Å²) in [7, 11) is 1.62. The first kappa shape index (κ1) is 22.4. The molecule has 1 amide bonds. The molecule has 1 saturated heterocycles. The molecule has 9 heteroatoms. The Labute approximate surface area is 158 Å². The summed E-state index contributed by atoms with van der Waals surface area (Å²) in [5, 5.41) is 20.8. The number of nitrogens with one attached hydrogen (secondary N) is 2. The summed E-state index contributed by atoms with van der Waals surface area (Å²) in [4.78, 5) is 32.5. The zero-order valence-electron chi connectivity index (χ0n) is 15.4. The lowest BCUT2D eigenvalue weighted by Gasteiger charge is -2.26. The number of amides is 1. The van der Waals surface area contributed by atoms with Gasteiger partial charge in [0.15, 0.2) is 0 Å². The van der Waals surface area contributed by atoms with Gasteiger partial charge in [-0.05, 0) is 50.2 Å². The van der Waals surface area contributed by atoms with Crippen LogP contribution in [0.2, 0.25) is 0 Å². The van der Waals surface area contributed by atoms with E-state index in [1.165, 1.54) is 32.4 Å². The molecule has 0 unspecified atom stereocenters. The summed E-state index contributed by atoms with van der Waals surface area (Å²) in [6.07, 6.45) is 3.96. The van der Waals surface area contributed by atoms with Gasteiger partial charge in [-0.15, -0.1) is 0 Å². The van der Waals surface area contributed by atoms with Crippen LogP contribution in [0, 0.1) is 0 Å². The maximum absolute atomic E-state index is 11.8. The molecule has 1 aliphatic rings. The number of anilines is 1. The van der Waals surface area contributed by atoms with Gasteiger partial charge in [-0.25, -0.2) is 9.59 Å². The molecule has 0 saturated carbocycles. The van der Waals surface area contributed by atoms with Crippen molar-refractivity contribution in [3.8, 4) is 5.75 Å². The van der Waals surface area contributed by atoms with Crippen molar-refractivity contribution in [1.29, 1.82) is 0 Å². The Balaban J connectivity index is 0.000000527. The van der Waals surface area contributed by atoms with Gasteiger partial charge >= 0.3 is 11.9 Å². The fourth-order valence-corrected chi connectivity index (χ4v) is 2.50. The minimum absolute atomic E-state index is 0.0150. The van der Waals surface area contributed by atoms with Crippen molar-refractivity contribution < 1.29 is 29.3 Å². The van der Waals surface area contributed by atoms with Gasteiger partial charge in [0.1, 0.15) is 5.75 Å².